The minimum Gasteiger partial charge on any atom is -0.484 e. The molecule has 0 aromatic heterocycles. The van der Waals surface area contributed by atoms with Gasteiger partial charge in [0.05, 0.1) is 0 Å². The third-order valence-electron chi connectivity index (χ3n) is 4.03. The zero-order chi connectivity index (χ0) is 19.6. The summed E-state index contributed by atoms with van der Waals surface area (Å²) in [6.07, 6.45) is 1.07. The summed E-state index contributed by atoms with van der Waals surface area (Å²) >= 11 is 0. The Hall–Kier alpha value is -3.60. The van der Waals surface area contributed by atoms with Gasteiger partial charge in [0, 0.05) is 17.8 Å². The summed E-state index contributed by atoms with van der Waals surface area (Å²) in [7, 11) is 0. The highest BCUT2D eigenvalue weighted by molar-refractivity contribution is 5.94. The van der Waals surface area contributed by atoms with Crippen molar-refractivity contribution in [1.82, 2.24) is 0 Å². The van der Waals surface area contributed by atoms with E-state index in [0.717, 1.165) is 5.56 Å². The Labute approximate surface area is 164 Å². The molecule has 142 valence electrons. The summed E-state index contributed by atoms with van der Waals surface area (Å²) in [5.74, 6) is 0.299. The summed E-state index contributed by atoms with van der Waals surface area (Å²) in [5, 5.41) is 5.63. The molecule has 0 fully saturated rings. The average molecular weight is 374 g/mol. The van der Waals surface area contributed by atoms with Crippen LogP contribution in [-0.2, 0) is 16.0 Å². The third-order valence-corrected chi connectivity index (χ3v) is 4.03. The number of benzene rings is 3. The molecule has 0 saturated heterocycles. The summed E-state index contributed by atoms with van der Waals surface area (Å²) in [6.45, 7) is -0.0856. The number of carbonyl (C=O) groups is 2. The Morgan fingerprint density at radius 2 is 1.32 bits per heavy atom. The van der Waals surface area contributed by atoms with E-state index >= 15 is 0 Å². The molecule has 0 atom stereocenters. The number of para-hydroxylation sites is 1. The summed E-state index contributed by atoms with van der Waals surface area (Å²) in [6, 6.07) is 26.1. The second kappa shape index (κ2) is 9.92. The number of hydrogen-bond acceptors (Lipinski definition) is 3. The first-order valence-corrected chi connectivity index (χ1v) is 9.10. The van der Waals surface area contributed by atoms with E-state index in [1.807, 2.05) is 48.5 Å². The molecule has 0 radical (unpaired) electrons. The number of anilines is 2. The first-order chi connectivity index (χ1) is 13.7. The first-order valence-electron chi connectivity index (χ1n) is 9.10. The number of aryl methyl sites for hydroxylation is 1. The van der Waals surface area contributed by atoms with Gasteiger partial charge in [-0.3, -0.25) is 9.59 Å². The van der Waals surface area contributed by atoms with Crippen molar-refractivity contribution in [3.8, 4) is 5.75 Å². The fourth-order valence-electron chi connectivity index (χ4n) is 2.66. The van der Waals surface area contributed by atoms with Crippen LogP contribution in [0.15, 0.2) is 84.9 Å². The zero-order valence-corrected chi connectivity index (χ0v) is 15.4. The second-order valence-corrected chi connectivity index (χ2v) is 6.26. The second-order valence-electron chi connectivity index (χ2n) is 6.26. The van der Waals surface area contributed by atoms with Crippen LogP contribution in [0, 0.1) is 0 Å². The topological polar surface area (TPSA) is 67.4 Å². The molecule has 5 heteroatoms. The predicted molar refractivity (Wildman–Crippen MR) is 110 cm³/mol. The van der Waals surface area contributed by atoms with Gasteiger partial charge in [-0.2, -0.15) is 0 Å². The SMILES string of the molecule is O=C(CCc1ccccc1)Nc1cccc(NC(=O)COc2ccccc2)c1. The van der Waals surface area contributed by atoms with Crippen molar-refractivity contribution in [2.24, 2.45) is 0 Å². The molecule has 0 heterocycles. The molecule has 28 heavy (non-hydrogen) atoms. The van der Waals surface area contributed by atoms with Gasteiger partial charge in [0.2, 0.25) is 5.91 Å². The number of ether oxygens (including phenoxy) is 1. The van der Waals surface area contributed by atoms with Crippen molar-refractivity contribution >= 4 is 23.2 Å². The fraction of sp³-hybridized carbons (Fsp3) is 0.130. The van der Waals surface area contributed by atoms with Gasteiger partial charge in [-0.1, -0.05) is 54.6 Å². The summed E-state index contributed by atoms with van der Waals surface area (Å²) in [4.78, 5) is 24.2. The van der Waals surface area contributed by atoms with Crippen LogP contribution in [0.2, 0.25) is 0 Å². The molecule has 0 aliphatic rings. The minimum absolute atomic E-state index is 0.0697. The predicted octanol–water partition coefficient (Wildman–Crippen LogP) is 4.28. The van der Waals surface area contributed by atoms with Crippen molar-refractivity contribution in [3.05, 3.63) is 90.5 Å². The minimum atomic E-state index is -0.267. The highest BCUT2D eigenvalue weighted by Gasteiger charge is 2.07. The standard InChI is InChI=1S/C23H22N2O3/c26-22(15-14-18-8-3-1-4-9-18)24-19-10-7-11-20(16-19)25-23(27)17-28-21-12-5-2-6-13-21/h1-13,16H,14-15,17H2,(H,24,26)(H,25,27). The molecule has 3 aromatic rings. The Bertz CT molecular complexity index is 839. The Kier molecular flexibility index (Phi) is 6.79. The van der Waals surface area contributed by atoms with Crippen molar-refractivity contribution < 1.29 is 14.3 Å². The maximum atomic E-state index is 12.2. The average Bonchev–Trinajstić information content (AvgIpc) is 2.72. The normalized spacial score (nSPS) is 10.1. The maximum absolute atomic E-state index is 12.2. The van der Waals surface area contributed by atoms with E-state index in [9.17, 15) is 9.59 Å². The van der Waals surface area contributed by atoms with Crippen molar-refractivity contribution in [1.29, 1.82) is 0 Å². The number of rotatable bonds is 8. The number of carbonyl (C=O) groups excluding carboxylic acids is 2. The molecule has 0 bridgehead atoms. The van der Waals surface area contributed by atoms with Crippen LogP contribution in [0.3, 0.4) is 0 Å². The van der Waals surface area contributed by atoms with Crippen LogP contribution in [-0.4, -0.2) is 18.4 Å². The molecular formula is C23H22N2O3. The first kappa shape index (κ1) is 19.2. The Balaban J connectivity index is 1.47. The zero-order valence-electron chi connectivity index (χ0n) is 15.4. The Morgan fingerprint density at radius 1 is 0.714 bits per heavy atom. The monoisotopic (exact) mass is 374 g/mol. The summed E-state index contributed by atoms with van der Waals surface area (Å²) < 4.78 is 5.43. The largest absolute Gasteiger partial charge is 0.484 e. The van der Waals surface area contributed by atoms with E-state index in [2.05, 4.69) is 10.6 Å². The molecule has 0 aliphatic carbocycles. The van der Waals surface area contributed by atoms with Gasteiger partial charge in [-0.25, -0.2) is 0 Å². The van der Waals surface area contributed by atoms with E-state index in [-0.39, 0.29) is 18.4 Å². The van der Waals surface area contributed by atoms with Crippen molar-refractivity contribution in [3.63, 3.8) is 0 Å². The molecule has 3 aromatic carbocycles. The van der Waals surface area contributed by atoms with Gasteiger partial charge in [0.1, 0.15) is 5.75 Å². The summed E-state index contributed by atoms with van der Waals surface area (Å²) in [5.41, 5.74) is 2.36. The van der Waals surface area contributed by atoms with Gasteiger partial charge < -0.3 is 15.4 Å². The van der Waals surface area contributed by atoms with Gasteiger partial charge in [0.15, 0.2) is 6.61 Å². The lowest BCUT2D eigenvalue weighted by atomic mass is 10.1. The van der Waals surface area contributed by atoms with E-state index in [1.165, 1.54) is 0 Å². The fourth-order valence-corrected chi connectivity index (χ4v) is 2.66. The smallest absolute Gasteiger partial charge is 0.262 e. The van der Waals surface area contributed by atoms with E-state index < -0.39 is 0 Å². The van der Waals surface area contributed by atoms with Crippen LogP contribution in [0.1, 0.15) is 12.0 Å². The highest BCUT2D eigenvalue weighted by Crippen LogP contribution is 2.16. The molecule has 0 unspecified atom stereocenters. The molecule has 0 saturated carbocycles. The molecule has 0 spiro atoms. The molecule has 0 aliphatic heterocycles. The molecule has 2 N–H and O–H groups in total. The van der Waals surface area contributed by atoms with Gasteiger partial charge in [-0.05, 0) is 42.3 Å². The molecule has 3 rings (SSSR count). The van der Waals surface area contributed by atoms with E-state index in [1.54, 1.807) is 36.4 Å². The third kappa shape index (κ3) is 6.29. The van der Waals surface area contributed by atoms with Gasteiger partial charge in [0.25, 0.3) is 5.91 Å². The van der Waals surface area contributed by atoms with Crippen molar-refractivity contribution in [2.45, 2.75) is 12.8 Å². The van der Waals surface area contributed by atoms with Gasteiger partial charge in [-0.15, -0.1) is 0 Å². The van der Waals surface area contributed by atoms with Crippen LogP contribution >= 0.6 is 0 Å². The Morgan fingerprint density at radius 3 is 2.00 bits per heavy atom. The lowest BCUT2D eigenvalue weighted by Crippen LogP contribution is -2.20. The van der Waals surface area contributed by atoms with Crippen LogP contribution < -0.4 is 15.4 Å². The van der Waals surface area contributed by atoms with Crippen LogP contribution in [0.5, 0.6) is 5.75 Å². The lowest BCUT2D eigenvalue weighted by molar-refractivity contribution is -0.118. The molecule has 2 amide bonds. The van der Waals surface area contributed by atoms with Crippen LogP contribution in [0.25, 0.3) is 0 Å². The van der Waals surface area contributed by atoms with E-state index in [4.69, 9.17) is 4.74 Å². The van der Waals surface area contributed by atoms with E-state index in [0.29, 0.717) is 30.0 Å². The number of nitrogens with one attached hydrogen (secondary N) is 2. The van der Waals surface area contributed by atoms with Crippen molar-refractivity contribution in [2.75, 3.05) is 17.2 Å². The molecule has 5 nitrogen and oxygen atoms in total. The van der Waals surface area contributed by atoms with Gasteiger partial charge >= 0.3 is 0 Å². The molecular weight excluding hydrogens is 352 g/mol. The number of hydrogen-bond donors (Lipinski definition) is 2. The number of amides is 2. The maximum Gasteiger partial charge on any atom is 0.262 e. The lowest BCUT2D eigenvalue weighted by Gasteiger charge is -2.10. The quantitative estimate of drug-likeness (QED) is 0.619. The van der Waals surface area contributed by atoms with Crippen LogP contribution in [0.4, 0.5) is 11.4 Å². The highest BCUT2D eigenvalue weighted by atomic mass is 16.5.